The van der Waals surface area contributed by atoms with Crippen molar-refractivity contribution in [2.24, 2.45) is 28.7 Å². The zero-order chi connectivity index (χ0) is 14.5. The van der Waals surface area contributed by atoms with Crippen molar-refractivity contribution < 1.29 is 4.74 Å². The predicted octanol–water partition coefficient (Wildman–Crippen LogP) is -2.11. The van der Waals surface area contributed by atoms with Gasteiger partial charge in [0, 0.05) is 5.57 Å². The van der Waals surface area contributed by atoms with E-state index in [2.05, 4.69) is 0 Å². The SMILES string of the molecule is N=C1OC(N)C(N)=C1C1=C(N)C(=N)C(N)=C(N)C1=N. The first-order chi connectivity index (χ1) is 8.77. The maximum atomic E-state index is 7.93. The van der Waals surface area contributed by atoms with E-state index in [0.717, 1.165) is 0 Å². The summed E-state index contributed by atoms with van der Waals surface area (Å²) in [6, 6.07) is 0. The Hall–Kier alpha value is -2.81. The molecule has 0 amide bonds. The first kappa shape index (κ1) is 12.6. The molecule has 2 rings (SSSR count). The Labute approximate surface area is 108 Å². The van der Waals surface area contributed by atoms with Gasteiger partial charge in [-0.15, -0.1) is 0 Å². The van der Waals surface area contributed by atoms with Gasteiger partial charge in [-0.25, -0.2) is 0 Å². The average molecular weight is 262 g/mol. The molecule has 9 nitrogen and oxygen atoms in total. The lowest BCUT2D eigenvalue weighted by Gasteiger charge is -2.21. The van der Waals surface area contributed by atoms with Crippen molar-refractivity contribution in [1.29, 1.82) is 16.2 Å². The fourth-order valence-corrected chi connectivity index (χ4v) is 1.85. The van der Waals surface area contributed by atoms with Gasteiger partial charge in [-0.05, 0) is 0 Å². The van der Waals surface area contributed by atoms with E-state index in [-0.39, 0.29) is 51.3 Å². The number of nitrogens with one attached hydrogen (secondary N) is 3. The quantitative estimate of drug-likeness (QED) is 0.247. The van der Waals surface area contributed by atoms with Gasteiger partial charge in [-0.2, -0.15) is 0 Å². The van der Waals surface area contributed by atoms with E-state index in [4.69, 9.17) is 49.6 Å². The molecule has 1 unspecified atom stereocenters. The zero-order valence-corrected chi connectivity index (χ0v) is 9.87. The number of ether oxygens (including phenoxy) is 1. The van der Waals surface area contributed by atoms with Crippen molar-refractivity contribution in [1.82, 2.24) is 0 Å². The summed E-state index contributed by atoms with van der Waals surface area (Å²) in [6.45, 7) is 0. The Bertz CT molecular complexity index is 623. The first-order valence-corrected chi connectivity index (χ1v) is 5.22. The highest BCUT2D eigenvalue weighted by molar-refractivity contribution is 6.30. The lowest BCUT2D eigenvalue weighted by Crippen LogP contribution is -2.35. The molecule has 1 aliphatic heterocycles. The van der Waals surface area contributed by atoms with Crippen LogP contribution in [-0.2, 0) is 4.74 Å². The second-order valence-corrected chi connectivity index (χ2v) is 4.06. The van der Waals surface area contributed by atoms with Crippen LogP contribution in [0.4, 0.5) is 0 Å². The monoisotopic (exact) mass is 262 g/mol. The van der Waals surface area contributed by atoms with E-state index in [9.17, 15) is 0 Å². The van der Waals surface area contributed by atoms with Crippen LogP contribution in [0, 0.1) is 16.2 Å². The number of rotatable bonds is 1. The molecule has 0 aromatic carbocycles. The Morgan fingerprint density at radius 2 is 1.32 bits per heavy atom. The standard InChI is InChI=1S/C10H14N8O/c11-3-1(2-5(13)10(18)19-9(2)17)4(12)7(15)8(16)6(3)14/h10-11,15,17H,12-14,16,18H2. The molecule has 2 aliphatic rings. The molecule has 0 aromatic heterocycles. The van der Waals surface area contributed by atoms with E-state index in [1.165, 1.54) is 0 Å². The second-order valence-electron chi connectivity index (χ2n) is 4.06. The van der Waals surface area contributed by atoms with Gasteiger partial charge in [0.25, 0.3) is 0 Å². The van der Waals surface area contributed by atoms with Crippen molar-refractivity contribution in [2.45, 2.75) is 6.23 Å². The van der Waals surface area contributed by atoms with E-state index in [0.29, 0.717) is 0 Å². The maximum Gasteiger partial charge on any atom is 0.217 e. The molecule has 0 saturated heterocycles. The number of allylic oxidation sites excluding steroid dienone is 1. The van der Waals surface area contributed by atoms with Crippen LogP contribution in [-0.4, -0.2) is 23.5 Å². The highest BCUT2D eigenvalue weighted by atomic mass is 16.5. The molecule has 100 valence electrons. The minimum atomic E-state index is -0.978. The van der Waals surface area contributed by atoms with E-state index < -0.39 is 6.23 Å². The maximum absolute atomic E-state index is 7.93. The normalized spacial score (nSPS) is 24.5. The van der Waals surface area contributed by atoms with Crippen molar-refractivity contribution in [2.75, 3.05) is 0 Å². The third-order valence-corrected chi connectivity index (χ3v) is 2.93. The smallest absolute Gasteiger partial charge is 0.217 e. The summed E-state index contributed by atoms with van der Waals surface area (Å²) in [4.78, 5) is 0. The van der Waals surface area contributed by atoms with Gasteiger partial charge < -0.3 is 27.7 Å². The highest BCUT2D eigenvalue weighted by Gasteiger charge is 2.36. The van der Waals surface area contributed by atoms with Crippen molar-refractivity contribution in [3.63, 3.8) is 0 Å². The summed E-state index contributed by atoms with van der Waals surface area (Å²) < 4.78 is 4.95. The van der Waals surface area contributed by atoms with Gasteiger partial charge in [0.1, 0.15) is 5.71 Å². The Morgan fingerprint density at radius 1 is 0.789 bits per heavy atom. The second kappa shape index (κ2) is 3.85. The lowest BCUT2D eigenvalue weighted by atomic mass is 9.88. The topological polar surface area (TPSA) is 211 Å². The van der Waals surface area contributed by atoms with Crippen LogP contribution >= 0.6 is 0 Å². The van der Waals surface area contributed by atoms with Crippen molar-refractivity contribution in [3.05, 3.63) is 33.9 Å². The van der Waals surface area contributed by atoms with Crippen LogP contribution in [0.3, 0.4) is 0 Å². The molecule has 9 heteroatoms. The molecule has 1 heterocycles. The molecule has 1 atom stereocenters. The summed E-state index contributed by atoms with van der Waals surface area (Å²) in [6.07, 6.45) is -0.978. The lowest BCUT2D eigenvalue weighted by molar-refractivity contribution is 0.245. The Kier molecular flexibility index (Phi) is 2.56. The summed E-state index contributed by atoms with van der Waals surface area (Å²) in [5.74, 6) is -0.311. The molecule has 0 radical (unpaired) electrons. The van der Waals surface area contributed by atoms with E-state index in [1.807, 2.05) is 0 Å². The fourth-order valence-electron chi connectivity index (χ4n) is 1.85. The highest BCUT2D eigenvalue weighted by Crippen LogP contribution is 2.29. The zero-order valence-electron chi connectivity index (χ0n) is 9.87. The third kappa shape index (κ3) is 1.56. The Balaban J connectivity index is 2.67. The van der Waals surface area contributed by atoms with Crippen LogP contribution in [0.1, 0.15) is 0 Å². The molecule has 13 N–H and O–H groups in total. The van der Waals surface area contributed by atoms with Gasteiger partial charge in [-0.1, -0.05) is 0 Å². The minimum absolute atomic E-state index is 0.0483. The number of nitrogens with two attached hydrogens (primary N) is 5. The van der Waals surface area contributed by atoms with Crippen LogP contribution < -0.4 is 28.7 Å². The van der Waals surface area contributed by atoms with Gasteiger partial charge >= 0.3 is 0 Å². The molecular formula is C10H14N8O. The Morgan fingerprint density at radius 3 is 1.79 bits per heavy atom. The third-order valence-electron chi connectivity index (χ3n) is 2.93. The summed E-state index contributed by atoms with van der Waals surface area (Å²) in [5.41, 5.74) is 27.8. The first-order valence-electron chi connectivity index (χ1n) is 5.22. The van der Waals surface area contributed by atoms with Crippen LogP contribution in [0.2, 0.25) is 0 Å². The molecular weight excluding hydrogens is 248 g/mol. The summed E-state index contributed by atoms with van der Waals surface area (Å²) in [7, 11) is 0. The largest absolute Gasteiger partial charge is 0.453 e. The van der Waals surface area contributed by atoms with Gasteiger partial charge in [0.05, 0.1) is 34.1 Å². The van der Waals surface area contributed by atoms with Crippen LogP contribution in [0.15, 0.2) is 33.9 Å². The molecule has 0 bridgehead atoms. The minimum Gasteiger partial charge on any atom is -0.453 e. The van der Waals surface area contributed by atoms with E-state index in [1.54, 1.807) is 0 Å². The molecule has 0 aromatic rings. The van der Waals surface area contributed by atoms with Crippen LogP contribution in [0.5, 0.6) is 0 Å². The number of hydrogen-bond donors (Lipinski definition) is 8. The number of hydrogen-bond acceptors (Lipinski definition) is 9. The van der Waals surface area contributed by atoms with E-state index >= 15 is 0 Å². The molecule has 0 saturated carbocycles. The van der Waals surface area contributed by atoms with Crippen molar-refractivity contribution >= 4 is 17.3 Å². The van der Waals surface area contributed by atoms with Gasteiger partial charge in [-0.3, -0.25) is 22.0 Å². The van der Waals surface area contributed by atoms with Gasteiger partial charge in [0.2, 0.25) is 5.90 Å². The summed E-state index contributed by atoms with van der Waals surface area (Å²) >= 11 is 0. The fraction of sp³-hybridized carbons (Fsp3) is 0.100. The molecule has 0 fully saturated rings. The van der Waals surface area contributed by atoms with Gasteiger partial charge in [0.15, 0.2) is 6.23 Å². The molecule has 1 aliphatic carbocycles. The van der Waals surface area contributed by atoms with Crippen molar-refractivity contribution in [3.8, 4) is 0 Å². The molecule has 0 spiro atoms. The molecule has 19 heavy (non-hydrogen) atoms. The van der Waals surface area contributed by atoms with Crippen LogP contribution in [0.25, 0.3) is 0 Å². The average Bonchev–Trinajstić information content (AvgIpc) is 2.61. The predicted molar refractivity (Wildman–Crippen MR) is 70.1 cm³/mol. The summed E-state index contributed by atoms with van der Waals surface area (Å²) in [5, 5.41) is 23.4.